The van der Waals surface area contributed by atoms with Gasteiger partial charge in [-0.25, -0.2) is 0 Å². The van der Waals surface area contributed by atoms with E-state index in [2.05, 4.69) is 38.5 Å². The van der Waals surface area contributed by atoms with Gasteiger partial charge in [-0.2, -0.15) is 0 Å². The predicted molar refractivity (Wildman–Crippen MR) is 90.5 cm³/mol. The summed E-state index contributed by atoms with van der Waals surface area (Å²) in [7, 11) is 2.18. The first-order valence-electron chi connectivity index (χ1n) is 7.58. The van der Waals surface area contributed by atoms with Gasteiger partial charge in [-0.3, -0.25) is 4.79 Å². The number of nitrogens with zero attached hydrogens (tertiary/aromatic N) is 1. The fourth-order valence-corrected chi connectivity index (χ4v) is 3.03. The molecule has 2 N–H and O–H groups in total. The Labute approximate surface area is 135 Å². The van der Waals surface area contributed by atoms with Crippen LogP contribution in [-0.4, -0.2) is 44.0 Å². The van der Waals surface area contributed by atoms with Crippen LogP contribution in [0, 0.1) is 5.92 Å². The monoisotopic (exact) mass is 353 g/mol. The van der Waals surface area contributed by atoms with Gasteiger partial charge in [0, 0.05) is 10.2 Å². The first-order valence-corrected chi connectivity index (χ1v) is 8.37. The Morgan fingerprint density at radius 1 is 1.38 bits per heavy atom. The summed E-state index contributed by atoms with van der Waals surface area (Å²) >= 11 is 3.39. The Morgan fingerprint density at radius 2 is 2.14 bits per heavy atom. The molecular weight excluding hydrogens is 330 g/mol. The number of amides is 1. The second kappa shape index (κ2) is 8.51. The average molecular weight is 354 g/mol. The number of nitrogens with one attached hydrogen (secondary N) is 2. The van der Waals surface area contributed by atoms with Crippen LogP contribution in [0.4, 0.5) is 5.69 Å². The highest BCUT2D eigenvalue weighted by Gasteiger charge is 2.15. The summed E-state index contributed by atoms with van der Waals surface area (Å²) in [6.07, 6.45) is 3.73. The van der Waals surface area contributed by atoms with E-state index < -0.39 is 0 Å². The zero-order valence-electron chi connectivity index (χ0n) is 12.6. The lowest BCUT2D eigenvalue weighted by Gasteiger charge is -2.28. The number of halogens is 1. The molecule has 0 radical (unpaired) electrons. The van der Waals surface area contributed by atoms with Gasteiger partial charge in [0.2, 0.25) is 5.91 Å². The van der Waals surface area contributed by atoms with E-state index in [4.69, 9.17) is 0 Å². The molecule has 5 heteroatoms. The van der Waals surface area contributed by atoms with Gasteiger partial charge in [-0.1, -0.05) is 22.0 Å². The van der Waals surface area contributed by atoms with Crippen molar-refractivity contribution in [2.45, 2.75) is 19.3 Å². The third-order valence-electron chi connectivity index (χ3n) is 3.96. The zero-order chi connectivity index (χ0) is 15.1. The van der Waals surface area contributed by atoms with Gasteiger partial charge >= 0.3 is 0 Å². The highest BCUT2D eigenvalue weighted by Crippen LogP contribution is 2.18. The molecule has 1 amide bonds. The number of carbonyl (C=O) groups excluding carboxylic acids is 1. The van der Waals surface area contributed by atoms with E-state index in [1.54, 1.807) is 0 Å². The summed E-state index contributed by atoms with van der Waals surface area (Å²) in [5.41, 5.74) is 0.825. The van der Waals surface area contributed by atoms with Crippen LogP contribution in [-0.2, 0) is 4.79 Å². The lowest BCUT2D eigenvalue weighted by molar-refractivity contribution is -0.115. The molecular formula is C16H24BrN3O. The molecule has 1 fully saturated rings. The van der Waals surface area contributed by atoms with Crippen LogP contribution in [0.15, 0.2) is 28.7 Å². The number of likely N-dealkylation sites (tertiary alicyclic amines) is 1. The number of hydrogen-bond acceptors (Lipinski definition) is 3. The molecule has 1 saturated heterocycles. The molecule has 0 aromatic heterocycles. The largest absolute Gasteiger partial charge is 0.325 e. The van der Waals surface area contributed by atoms with Crippen LogP contribution < -0.4 is 10.6 Å². The van der Waals surface area contributed by atoms with E-state index in [1.807, 2.05) is 24.3 Å². The summed E-state index contributed by atoms with van der Waals surface area (Å²) in [6, 6.07) is 7.64. The van der Waals surface area contributed by atoms with Crippen LogP contribution in [0.2, 0.25) is 0 Å². The van der Waals surface area contributed by atoms with Crippen LogP contribution >= 0.6 is 15.9 Å². The minimum Gasteiger partial charge on any atom is -0.325 e. The van der Waals surface area contributed by atoms with Crippen LogP contribution in [0.1, 0.15) is 19.3 Å². The SMILES string of the molecule is CN1CCC(CCNCC(=O)Nc2cccc(Br)c2)CC1. The van der Waals surface area contributed by atoms with Gasteiger partial charge in [-0.15, -0.1) is 0 Å². The van der Waals surface area contributed by atoms with Crippen molar-refractivity contribution in [2.75, 3.05) is 38.5 Å². The Kier molecular flexibility index (Phi) is 6.67. The van der Waals surface area contributed by atoms with Crippen LogP contribution in [0.3, 0.4) is 0 Å². The predicted octanol–water partition coefficient (Wildman–Crippen LogP) is 2.71. The molecule has 1 heterocycles. The van der Waals surface area contributed by atoms with Gasteiger partial charge in [0.05, 0.1) is 6.54 Å². The molecule has 1 aromatic carbocycles. The summed E-state index contributed by atoms with van der Waals surface area (Å²) in [5, 5.41) is 6.13. The Morgan fingerprint density at radius 3 is 2.86 bits per heavy atom. The van der Waals surface area contributed by atoms with Crippen molar-refractivity contribution in [1.29, 1.82) is 0 Å². The number of piperidine rings is 1. The molecule has 4 nitrogen and oxygen atoms in total. The fourth-order valence-electron chi connectivity index (χ4n) is 2.63. The minimum absolute atomic E-state index is 0.0106. The summed E-state index contributed by atoms with van der Waals surface area (Å²) in [6.45, 7) is 3.70. The smallest absolute Gasteiger partial charge is 0.238 e. The molecule has 0 unspecified atom stereocenters. The number of anilines is 1. The number of carbonyl (C=O) groups is 1. The molecule has 2 rings (SSSR count). The van der Waals surface area contributed by atoms with Crippen molar-refractivity contribution < 1.29 is 4.79 Å². The van der Waals surface area contributed by atoms with E-state index in [9.17, 15) is 4.79 Å². The highest BCUT2D eigenvalue weighted by molar-refractivity contribution is 9.10. The van der Waals surface area contributed by atoms with Crippen molar-refractivity contribution >= 4 is 27.5 Å². The fraction of sp³-hybridized carbons (Fsp3) is 0.562. The molecule has 0 spiro atoms. The van der Waals surface area contributed by atoms with Gasteiger partial charge in [-0.05, 0) is 70.1 Å². The highest BCUT2D eigenvalue weighted by atomic mass is 79.9. The number of benzene rings is 1. The molecule has 1 aromatic rings. The lowest BCUT2D eigenvalue weighted by Crippen LogP contribution is -2.33. The van der Waals surface area contributed by atoms with E-state index in [0.29, 0.717) is 6.54 Å². The van der Waals surface area contributed by atoms with Crippen molar-refractivity contribution in [2.24, 2.45) is 5.92 Å². The van der Waals surface area contributed by atoms with E-state index in [-0.39, 0.29) is 5.91 Å². The first-order chi connectivity index (χ1) is 10.1. The topological polar surface area (TPSA) is 44.4 Å². The van der Waals surface area contributed by atoms with Crippen molar-refractivity contribution in [1.82, 2.24) is 10.2 Å². The van der Waals surface area contributed by atoms with Crippen LogP contribution in [0.25, 0.3) is 0 Å². The van der Waals surface area contributed by atoms with Crippen molar-refractivity contribution in [3.8, 4) is 0 Å². The summed E-state index contributed by atoms with van der Waals surface area (Å²) in [5.74, 6) is 0.818. The summed E-state index contributed by atoms with van der Waals surface area (Å²) in [4.78, 5) is 14.2. The molecule has 1 aliphatic heterocycles. The standard InChI is InChI=1S/C16H24BrN3O/c1-20-9-6-13(7-10-20)5-8-18-12-16(21)19-15-4-2-3-14(17)11-15/h2-4,11,13,18H,5-10,12H2,1H3,(H,19,21). The third-order valence-corrected chi connectivity index (χ3v) is 4.45. The molecule has 0 bridgehead atoms. The van der Waals surface area contributed by atoms with Gasteiger partial charge in [0.15, 0.2) is 0 Å². The maximum Gasteiger partial charge on any atom is 0.238 e. The van der Waals surface area contributed by atoms with E-state index >= 15 is 0 Å². The van der Waals surface area contributed by atoms with Gasteiger partial charge in [0.25, 0.3) is 0 Å². The second-order valence-electron chi connectivity index (χ2n) is 5.77. The van der Waals surface area contributed by atoms with Crippen molar-refractivity contribution in [3.05, 3.63) is 28.7 Å². The molecule has 116 valence electrons. The molecule has 0 aliphatic carbocycles. The van der Waals surface area contributed by atoms with Crippen molar-refractivity contribution in [3.63, 3.8) is 0 Å². The molecule has 0 atom stereocenters. The molecule has 1 aliphatic rings. The number of hydrogen-bond donors (Lipinski definition) is 2. The molecule has 21 heavy (non-hydrogen) atoms. The number of rotatable bonds is 6. The molecule has 0 saturated carbocycles. The maximum atomic E-state index is 11.8. The first kappa shape index (κ1) is 16.5. The maximum absolute atomic E-state index is 11.8. The van der Waals surface area contributed by atoms with Gasteiger partial charge < -0.3 is 15.5 Å². The van der Waals surface area contributed by atoms with Crippen LogP contribution in [0.5, 0.6) is 0 Å². The minimum atomic E-state index is 0.0106. The average Bonchev–Trinajstić information content (AvgIpc) is 2.45. The third kappa shape index (κ3) is 6.16. The Bertz CT molecular complexity index is 459. The normalized spacial score (nSPS) is 16.9. The quantitative estimate of drug-likeness (QED) is 0.772. The van der Waals surface area contributed by atoms with E-state index in [0.717, 1.165) is 29.0 Å². The second-order valence-corrected chi connectivity index (χ2v) is 6.69. The Balaban J connectivity index is 1.59. The lowest BCUT2D eigenvalue weighted by atomic mass is 9.94. The summed E-state index contributed by atoms with van der Waals surface area (Å²) < 4.78 is 0.968. The Hall–Kier alpha value is -0.910. The van der Waals surface area contributed by atoms with E-state index in [1.165, 1.54) is 25.9 Å². The van der Waals surface area contributed by atoms with Gasteiger partial charge in [0.1, 0.15) is 0 Å². The zero-order valence-corrected chi connectivity index (χ0v) is 14.2.